The van der Waals surface area contributed by atoms with Crippen LogP contribution in [0.3, 0.4) is 0 Å². The Kier molecular flexibility index (Phi) is 5.46. The van der Waals surface area contributed by atoms with Crippen molar-refractivity contribution in [3.8, 4) is 0 Å². The van der Waals surface area contributed by atoms with Crippen LogP contribution < -0.4 is 14.9 Å². The number of aromatic nitrogens is 2. The summed E-state index contributed by atoms with van der Waals surface area (Å²) in [7, 11) is -3.59. The second-order valence-electron chi connectivity index (χ2n) is 6.99. The fourth-order valence-electron chi connectivity index (χ4n) is 3.46. The van der Waals surface area contributed by atoms with E-state index in [0.717, 1.165) is 18.7 Å². The van der Waals surface area contributed by atoms with Gasteiger partial charge in [0.2, 0.25) is 16.0 Å². The van der Waals surface area contributed by atoms with Crippen LogP contribution in [0, 0.1) is 0 Å². The summed E-state index contributed by atoms with van der Waals surface area (Å²) in [5.74, 6) is 0.459. The maximum atomic E-state index is 12.7. The Morgan fingerprint density at radius 2 is 1.76 bits per heavy atom. The average molecular weight is 410 g/mol. The molecule has 3 aromatic rings. The van der Waals surface area contributed by atoms with Gasteiger partial charge in [-0.1, -0.05) is 18.2 Å². The number of hydrogen-bond acceptors (Lipinski definition) is 6. The summed E-state index contributed by atoms with van der Waals surface area (Å²) in [6.45, 7) is 3.29. The zero-order valence-corrected chi connectivity index (χ0v) is 16.9. The van der Waals surface area contributed by atoms with Gasteiger partial charge in [0.15, 0.2) is 0 Å². The first-order valence-corrected chi connectivity index (χ1v) is 11.0. The minimum atomic E-state index is -3.59. The van der Waals surface area contributed by atoms with Crippen LogP contribution in [-0.4, -0.2) is 37.5 Å². The molecule has 0 fully saturated rings. The van der Waals surface area contributed by atoms with E-state index in [1.807, 2.05) is 19.1 Å². The molecule has 150 valence electrons. The number of rotatable bonds is 7. The Morgan fingerprint density at radius 3 is 2.52 bits per heavy atom. The Labute approximate surface area is 170 Å². The normalized spacial score (nSPS) is 14.4. The van der Waals surface area contributed by atoms with Gasteiger partial charge in [-0.15, -0.1) is 0 Å². The van der Waals surface area contributed by atoms with Crippen molar-refractivity contribution in [2.45, 2.75) is 24.3 Å². The van der Waals surface area contributed by atoms with Crippen molar-refractivity contribution in [2.24, 2.45) is 0 Å². The highest BCUT2D eigenvalue weighted by atomic mass is 32.2. The molecule has 1 aromatic heterocycles. The van der Waals surface area contributed by atoms with Crippen molar-refractivity contribution in [3.05, 3.63) is 72.6 Å². The molecule has 0 aliphatic carbocycles. The lowest BCUT2D eigenvalue weighted by Crippen LogP contribution is -2.41. The zero-order chi connectivity index (χ0) is 20.3. The van der Waals surface area contributed by atoms with Crippen LogP contribution >= 0.6 is 0 Å². The molecule has 0 radical (unpaired) electrons. The Bertz CT molecular complexity index is 1070. The monoisotopic (exact) mass is 409 g/mol. The molecule has 2 N–H and O–H groups in total. The molecule has 7 nitrogen and oxygen atoms in total. The predicted molar refractivity (Wildman–Crippen MR) is 114 cm³/mol. The highest BCUT2D eigenvalue weighted by Gasteiger charge is 2.24. The summed E-state index contributed by atoms with van der Waals surface area (Å²) in [4.78, 5) is 10.7. The molecule has 0 saturated heterocycles. The van der Waals surface area contributed by atoms with E-state index in [1.54, 1.807) is 42.7 Å². The molecule has 0 saturated carbocycles. The fourth-order valence-corrected chi connectivity index (χ4v) is 4.58. The van der Waals surface area contributed by atoms with E-state index < -0.39 is 10.0 Å². The number of fused-ring (bicyclic) bond motifs is 1. The van der Waals surface area contributed by atoms with E-state index in [1.165, 1.54) is 11.3 Å². The Hall–Kier alpha value is -2.97. The van der Waals surface area contributed by atoms with E-state index in [2.05, 4.69) is 37.0 Å². The molecule has 1 unspecified atom stereocenters. The second kappa shape index (κ2) is 8.18. The van der Waals surface area contributed by atoms with E-state index in [9.17, 15) is 8.42 Å². The van der Waals surface area contributed by atoms with Gasteiger partial charge in [0.1, 0.15) is 0 Å². The Morgan fingerprint density at radius 1 is 1.03 bits per heavy atom. The molecular formula is C21H23N5O2S. The quantitative estimate of drug-likeness (QED) is 0.624. The van der Waals surface area contributed by atoms with Crippen molar-refractivity contribution in [3.63, 3.8) is 0 Å². The van der Waals surface area contributed by atoms with Gasteiger partial charge in [-0.25, -0.2) is 23.1 Å². The number of benzene rings is 2. The van der Waals surface area contributed by atoms with Crippen molar-refractivity contribution in [1.82, 2.24) is 14.7 Å². The molecule has 29 heavy (non-hydrogen) atoms. The number of hydrogen-bond donors (Lipinski definition) is 2. The zero-order valence-electron chi connectivity index (χ0n) is 16.1. The third kappa shape index (κ3) is 4.38. The van der Waals surface area contributed by atoms with Crippen molar-refractivity contribution < 1.29 is 8.42 Å². The average Bonchev–Trinajstić information content (AvgIpc) is 3.18. The molecule has 2 heterocycles. The number of anilines is 3. The predicted octanol–water partition coefficient (Wildman–Crippen LogP) is 2.95. The smallest absolute Gasteiger partial charge is 0.240 e. The van der Waals surface area contributed by atoms with Gasteiger partial charge in [-0.2, -0.15) is 0 Å². The number of para-hydroxylation sites is 1. The van der Waals surface area contributed by atoms with Crippen LogP contribution in [0.4, 0.5) is 17.3 Å². The third-order valence-electron chi connectivity index (χ3n) is 5.01. The lowest BCUT2D eigenvalue weighted by molar-refractivity contribution is 0.566. The van der Waals surface area contributed by atoms with Gasteiger partial charge in [-0.05, 0) is 55.3 Å². The van der Waals surface area contributed by atoms with Crippen molar-refractivity contribution in [2.75, 3.05) is 23.3 Å². The molecule has 0 bridgehead atoms. The summed E-state index contributed by atoms with van der Waals surface area (Å²) in [6.07, 6.45) is 4.27. The van der Waals surface area contributed by atoms with Crippen LogP contribution in [0.1, 0.15) is 12.5 Å². The lowest BCUT2D eigenvalue weighted by Gasteiger charge is -2.27. The number of nitrogens with one attached hydrogen (secondary N) is 2. The maximum Gasteiger partial charge on any atom is 0.240 e. The van der Waals surface area contributed by atoms with Crippen LogP contribution in [0.2, 0.25) is 0 Å². The van der Waals surface area contributed by atoms with E-state index in [-0.39, 0.29) is 10.9 Å². The maximum absolute atomic E-state index is 12.7. The van der Waals surface area contributed by atoms with Crippen LogP contribution in [0.15, 0.2) is 71.9 Å². The molecule has 0 amide bonds. The first-order valence-electron chi connectivity index (χ1n) is 9.51. The van der Waals surface area contributed by atoms with Crippen LogP contribution in [0.5, 0.6) is 0 Å². The highest BCUT2D eigenvalue weighted by Crippen LogP contribution is 2.29. The van der Waals surface area contributed by atoms with Crippen LogP contribution in [-0.2, 0) is 16.4 Å². The summed E-state index contributed by atoms with van der Waals surface area (Å²) in [5.41, 5.74) is 3.22. The largest absolute Gasteiger partial charge is 0.367 e. The van der Waals surface area contributed by atoms with Gasteiger partial charge >= 0.3 is 0 Å². The standard InChI is InChI=1S/C21H23N5O2S/c1-16(26-14-11-17-5-2-3-6-20(17)26)15-24-29(27,28)19-9-7-18(8-10-19)25-21-22-12-4-13-23-21/h2-10,12-13,16,24H,11,14-15H2,1H3,(H,22,23,25). The first kappa shape index (κ1) is 19.4. The van der Waals surface area contributed by atoms with E-state index >= 15 is 0 Å². The van der Waals surface area contributed by atoms with Gasteiger partial charge in [-0.3, -0.25) is 0 Å². The molecule has 1 atom stereocenters. The number of nitrogens with zero attached hydrogens (tertiary/aromatic N) is 3. The van der Waals surface area contributed by atoms with Crippen molar-refractivity contribution >= 4 is 27.3 Å². The van der Waals surface area contributed by atoms with E-state index in [0.29, 0.717) is 12.5 Å². The molecular weight excluding hydrogens is 386 g/mol. The van der Waals surface area contributed by atoms with Gasteiger partial charge in [0.05, 0.1) is 4.90 Å². The second-order valence-corrected chi connectivity index (χ2v) is 8.76. The molecule has 0 spiro atoms. The van der Waals surface area contributed by atoms with Gasteiger partial charge < -0.3 is 10.2 Å². The fraction of sp³-hybridized carbons (Fsp3) is 0.238. The summed E-state index contributed by atoms with van der Waals surface area (Å²) in [6, 6.07) is 16.6. The molecule has 8 heteroatoms. The summed E-state index contributed by atoms with van der Waals surface area (Å²) < 4.78 is 28.1. The Balaban J connectivity index is 1.39. The van der Waals surface area contributed by atoms with Crippen LogP contribution in [0.25, 0.3) is 0 Å². The summed E-state index contributed by atoms with van der Waals surface area (Å²) in [5, 5.41) is 3.04. The molecule has 1 aliphatic heterocycles. The third-order valence-corrected chi connectivity index (χ3v) is 6.45. The molecule has 2 aromatic carbocycles. The number of sulfonamides is 1. The lowest BCUT2D eigenvalue weighted by atomic mass is 10.2. The molecule has 1 aliphatic rings. The molecule has 4 rings (SSSR count). The first-order chi connectivity index (χ1) is 14.0. The topological polar surface area (TPSA) is 87.2 Å². The van der Waals surface area contributed by atoms with E-state index in [4.69, 9.17) is 0 Å². The minimum absolute atomic E-state index is 0.0598. The SMILES string of the molecule is CC(CNS(=O)(=O)c1ccc(Nc2ncccn2)cc1)N1CCc2ccccc21. The highest BCUT2D eigenvalue weighted by molar-refractivity contribution is 7.89. The minimum Gasteiger partial charge on any atom is -0.367 e. The van der Waals surface area contributed by atoms with Gasteiger partial charge in [0, 0.05) is 42.9 Å². The van der Waals surface area contributed by atoms with Gasteiger partial charge in [0.25, 0.3) is 0 Å². The van der Waals surface area contributed by atoms with Crippen molar-refractivity contribution in [1.29, 1.82) is 0 Å². The summed E-state index contributed by atoms with van der Waals surface area (Å²) >= 11 is 0.